The fourth-order valence-corrected chi connectivity index (χ4v) is 1.91. The molecule has 0 fully saturated rings. The van der Waals surface area contributed by atoms with Gasteiger partial charge in [0.15, 0.2) is 0 Å². The van der Waals surface area contributed by atoms with Crippen LogP contribution in [0.25, 0.3) is 0 Å². The summed E-state index contributed by atoms with van der Waals surface area (Å²) in [6.07, 6.45) is 1.95. The number of aliphatic hydroxyl groups is 1. The topological polar surface area (TPSA) is 86.0 Å². The van der Waals surface area contributed by atoms with Gasteiger partial charge in [-0.1, -0.05) is 13.8 Å². The number of nitriles is 1. The summed E-state index contributed by atoms with van der Waals surface area (Å²) in [5.74, 6) is -0.00606. The number of rotatable bonds is 5. The molecule has 1 amide bonds. The van der Waals surface area contributed by atoms with E-state index in [-0.39, 0.29) is 18.1 Å². The third-order valence-corrected chi connectivity index (χ3v) is 2.60. The van der Waals surface area contributed by atoms with Gasteiger partial charge in [-0.05, 0) is 31.4 Å². The smallest absolute Gasteiger partial charge is 0.269 e. The van der Waals surface area contributed by atoms with E-state index in [1.807, 2.05) is 19.9 Å². The van der Waals surface area contributed by atoms with Crippen LogP contribution < -0.4 is 5.32 Å². The van der Waals surface area contributed by atoms with Crippen molar-refractivity contribution in [2.75, 3.05) is 6.54 Å². The Bertz CT molecular complexity index is 472. The van der Waals surface area contributed by atoms with Gasteiger partial charge < -0.3 is 10.4 Å². The van der Waals surface area contributed by atoms with E-state index < -0.39 is 5.60 Å². The molecule has 0 saturated carbocycles. The summed E-state index contributed by atoms with van der Waals surface area (Å²) < 4.78 is 0. The zero-order valence-electron chi connectivity index (χ0n) is 11.5. The Balaban J connectivity index is 2.58. The van der Waals surface area contributed by atoms with Gasteiger partial charge >= 0.3 is 0 Å². The number of aromatic nitrogens is 1. The molecule has 1 heterocycles. The highest BCUT2D eigenvalue weighted by Gasteiger charge is 2.23. The van der Waals surface area contributed by atoms with Crippen LogP contribution in [0.4, 0.5) is 0 Å². The minimum Gasteiger partial charge on any atom is -0.388 e. The van der Waals surface area contributed by atoms with E-state index in [1.165, 1.54) is 18.3 Å². The summed E-state index contributed by atoms with van der Waals surface area (Å²) in [4.78, 5) is 15.7. The number of carbonyl (C=O) groups is 1. The first-order valence-corrected chi connectivity index (χ1v) is 6.21. The summed E-state index contributed by atoms with van der Waals surface area (Å²) in [7, 11) is 0. The lowest BCUT2D eigenvalue weighted by Crippen LogP contribution is -2.41. The third kappa shape index (κ3) is 5.06. The molecule has 0 bridgehead atoms. The van der Waals surface area contributed by atoms with E-state index in [0.717, 1.165) is 0 Å². The molecular weight excluding hydrogens is 242 g/mol. The van der Waals surface area contributed by atoms with Crippen LogP contribution in [0.2, 0.25) is 0 Å². The fourth-order valence-electron chi connectivity index (χ4n) is 1.91. The third-order valence-electron chi connectivity index (χ3n) is 2.60. The van der Waals surface area contributed by atoms with Gasteiger partial charge in [-0.2, -0.15) is 5.26 Å². The Labute approximate surface area is 113 Å². The maximum absolute atomic E-state index is 11.8. The second kappa shape index (κ2) is 6.30. The molecule has 0 saturated heterocycles. The summed E-state index contributed by atoms with van der Waals surface area (Å²) in [6.45, 7) is 5.89. The average Bonchev–Trinajstić information content (AvgIpc) is 2.34. The molecule has 0 aromatic carbocycles. The molecule has 0 aliphatic heterocycles. The lowest BCUT2D eigenvalue weighted by Gasteiger charge is -2.25. The molecule has 102 valence electrons. The molecule has 5 heteroatoms. The second-order valence-electron chi connectivity index (χ2n) is 5.32. The van der Waals surface area contributed by atoms with Crippen molar-refractivity contribution in [3.8, 4) is 6.07 Å². The quantitative estimate of drug-likeness (QED) is 0.840. The van der Waals surface area contributed by atoms with Crippen LogP contribution >= 0.6 is 0 Å². The van der Waals surface area contributed by atoms with Crippen LogP contribution in [0.3, 0.4) is 0 Å². The Morgan fingerprint density at radius 1 is 1.58 bits per heavy atom. The number of nitrogens with one attached hydrogen (secondary N) is 1. The van der Waals surface area contributed by atoms with Crippen LogP contribution in [0.5, 0.6) is 0 Å². The standard InChI is InChI=1S/C14H19N3O2/c1-10(2)6-14(3,19)9-17-13(18)12-5-4-11(7-15)8-16-12/h4-5,8,10,19H,6,9H2,1-3H3,(H,17,18). The second-order valence-corrected chi connectivity index (χ2v) is 5.32. The Kier molecular flexibility index (Phi) is 5.02. The van der Waals surface area contributed by atoms with E-state index in [0.29, 0.717) is 17.9 Å². The zero-order valence-corrected chi connectivity index (χ0v) is 11.5. The van der Waals surface area contributed by atoms with Crippen molar-refractivity contribution in [1.29, 1.82) is 5.26 Å². The lowest BCUT2D eigenvalue weighted by atomic mass is 9.94. The molecule has 5 nitrogen and oxygen atoms in total. The van der Waals surface area contributed by atoms with Crippen LogP contribution in [0.15, 0.2) is 18.3 Å². The SMILES string of the molecule is CC(C)CC(C)(O)CNC(=O)c1ccc(C#N)cn1. The van der Waals surface area contributed by atoms with E-state index in [9.17, 15) is 9.90 Å². The average molecular weight is 261 g/mol. The van der Waals surface area contributed by atoms with E-state index in [4.69, 9.17) is 5.26 Å². The van der Waals surface area contributed by atoms with Gasteiger partial charge in [0.25, 0.3) is 5.91 Å². The van der Waals surface area contributed by atoms with E-state index in [1.54, 1.807) is 6.92 Å². The van der Waals surface area contributed by atoms with Crippen molar-refractivity contribution in [3.63, 3.8) is 0 Å². The van der Waals surface area contributed by atoms with Crippen molar-refractivity contribution in [1.82, 2.24) is 10.3 Å². The number of nitrogens with zero attached hydrogens (tertiary/aromatic N) is 2. The Hall–Kier alpha value is -1.93. The highest BCUT2D eigenvalue weighted by atomic mass is 16.3. The summed E-state index contributed by atoms with van der Waals surface area (Å²) in [6, 6.07) is 4.96. The van der Waals surface area contributed by atoms with Crippen LogP contribution in [-0.2, 0) is 0 Å². The number of pyridine rings is 1. The number of carbonyl (C=O) groups excluding carboxylic acids is 1. The van der Waals surface area contributed by atoms with Crippen LogP contribution in [0.1, 0.15) is 43.2 Å². The molecular formula is C14H19N3O2. The van der Waals surface area contributed by atoms with Crippen molar-refractivity contribution in [3.05, 3.63) is 29.6 Å². The van der Waals surface area contributed by atoms with Crippen molar-refractivity contribution in [2.24, 2.45) is 5.92 Å². The first kappa shape index (κ1) is 15.1. The van der Waals surface area contributed by atoms with Crippen molar-refractivity contribution in [2.45, 2.75) is 32.8 Å². The van der Waals surface area contributed by atoms with Gasteiger partial charge in [0.05, 0.1) is 11.2 Å². The minimum absolute atomic E-state index is 0.172. The molecule has 1 aromatic rings. The maximum atomic E-state index is 11.8. The molecule has 1 aromatic heterocycles. The van der Waals surface area contributed by atoms with E-state index in [2.05, 4.69) is 10.3 Å². The van der Waals surface area contributed by atoms with Gasteiger partial charge in [-0.25, -0.2) is 4.98 Å². The monoisotopic (exact) mass is 261 g/mol. The molecule has 0 radical (unpaired) electrons. The van der Waals surface area contributed by atoms with Crippen LogP contribution in [-0.4, -0.2) is 28.1 Å². The van der Waals surface area contributed by atoms with Crippen molar-refractivity contribution >= 4 is 5.91 Å². The highest BCUT2D eigenvalue weighted by Crippen LogP contribution is 2.15. The number of amides is 1. The largest absolute Gasteiger partial charge is 0.388 e. The Morgan fingerprint density at radius 2 is 2.26 bits per heavy atom. The molecule has 1 unspecified atom stereocenters. The number of hydrogen-bond donors (Lipinski definition) is 2. The molecule has 1 rings (SSSR count). The first-order valence-electron chi connectivity index (χ1n) is 6.21. The molecule has 0 aliphatic carbocycles. The fraction of sp³-hybridized carbons (Fsp3) is 0.500. The molecule has 19 heavy (non-hydrogen) atoms. The minimum atomic E-state index is -0.934. The van der Waals surface area contributed by atoms with Crippen LogP contribution in [0, 0.1) is 17.2 Å². The van der Waals surface area contributed by atoms with Gasteiger partial charge in [-0.15, -0.1) is 0 Å². The summed E-state index contributed by atoms with van der Waals surface area (Å²) in [5, 5.41) is 21.4. The molecule has 0 spiro atoms. The zero-order chi connectivity index (χ0) is 14.5. The summed E-state index contributed by atoms with van der Waals surface area (Å²) in [5.41, 5.74) is -0.293. The Morgan fingerprint density at radius 3 is 2.74 bits per heavy atom. The van der Waals surface area contributed by atoms with Gasteiger partial charge in [0.1, 0.15) is 11.8 Å². The van der Waals surface area contributed by atoms with Gasteiger partial charge in [-0.3, -0.25) is 4.79 Å². The molecule has 2 N–H and O–H groups in total. The lowest BCUT2D eigenvalue weighted by molar-refractivity contribution is 0.0367. The molecule has 0 aliphatic rings. The van der Waals surface area contributed by atoms with Gasteiger partial charge in [0.2, 0.25) is 0 Å². The maximum Gasteiger partial charge on any atom is 0.269 e. The number of hydrogen-bond acceptors (Lipinski definition) is 4. The van der Waals surface area contributed by atoms with Gasteiger partial charge in [0, 0.05) is 12.7 Å². The van der Waals surface area contributed by atoms with E-state index >= 15 is 0 Å². The summed E-state index contributed by atoms with van der Waals surface area (Å²) >= 11 is 0. The predicted molar refractivity (Wildman–Crippen MR) is 71.4 cm³/mol. The normalized spacial score (nSPS) is 13.7. The predicted octanol–water partition coefficient (Wildman–Crippen LogP) is 1.48. The molecule has 1 atom stereocenters. The van der Waals surface area contributed by atoms with Crippen molar-refractivity contribution < 1.29 is 9.90 Å². The highest BCUT2D eigenvalue weighted by molar-refractivity contribution is 5.92. The first-order chi connectivity index (χ1) is 8.84.